The smallest absolute Gasteiger partial charge is 0.506 e. The van der Waals surface area contributed by atoms with Gasteiger partial charge >= 0.3 is 15.6 Å². The van der Waals surface area contributed by atoms with Gasteiger partial charge in [-0.05, 0) is 49.9 Å². The van der Waals surface area contributed by atoms with E-state index in [0.29, 0.717) is 38.9 Å². The first-order valence-corrected chi connectivity index (χ1v) is 16.8. The maximum Gasteiger partial charge on any atom is 0.536 e. The van der Waals surface area contributed by atoms with Crippen molar-refractivity contribution in [2.24, 2.45) is 0 Å². The van der Waals surface area contributed by atoms with Crippen LogP contribution in [0.15, 0.2) is 97.1 Å². The van der Waals surface area contributed by atoms with Gasteiger partial charge in [-0.1, -0.05) is 119 Å². The molecule has 226 valence electrons. The standard InChI is InChI=1S/C34H32O8P2/c1-21-5-13-25(14-6-21)29-30(26-15-7-22(2)8-16-26)33(35)32(28-19-11-24(4)12-20-28)34(41-44(39,40)42-43(36,37)38)31(29)27-17-9-23(3)10-18-27/h5-20,35H,1-4H3,(H,39,40)(H2,36,37,38). The van der Waals surface area contributed by atoms with E-state index in [4.69, 9.17) is 4.52 Å². The van der Waals surface area contributed by atoms with Gasteiger partial charge in [0.15, 0.2) is 5.75 Å². The molecule has 10 heteroatoms. The van der Waals surface area contributed by atoms with Gasteiger partial charge in [-0.3, -0.25) is 4.89 Å². The molecule has 0 aliphatic rings. The molecule has 4 N–H and O–H groups in total. The van der Waals surface area contributed by atoms with E-state index in [9.17, 15) is 28.9 Å². The van der Waals surface area contributed by atoms with Crippen LogP contribution in [0.25, 0.3) is 44.5 Å². The number of benzene rings is 5. The van der Waals surface area contributed by atoms with Crippen LogP contribution in [0.3, 0.4) is 0 Å². The average molecular weight is 631 g/mol. The topological polar surface area (TPSA) is 134 Å². The summed E-state index contributed by atoms with van der Waals surface area (Å²) in [6.45, 7) is 7.72. The number of rotatable bonds is 8. The molecule has 1 atom stereocenters. The van der Waals surface area contributed by atoms with Crippen molar-refractivity contribution in [1.82, 2.24) is 0 Å². The van der Waals surface area contributed by atoms with Crippen molar-refractivity contribution in [3.8, 4) is 56.0 Å². The molecular weight excluding hydrogens is 598 g/mol. The maximum atomic E-state index is 13.2. The van der Waals surface area contributed by atoms with E-state index in [1.54, 1.807) is 12.1 Å². The van der Waals surface area contributed by atoms with Crippen LogP contribution in [0, 0.1) is 27.7 Å². The fourth-order valence-electron chi connectivity index (χ4n) is 5.07. The highest BCUT2D eigenvalue weighted by atomic mass is 31.3. The number of phenolic OH excluding ortho intramolecular Hbond substituents is 1. The molecular formula is C34H32O8P2. The molecule has 0 aliphatic carbocycles. The van der Waals surface area contributed by atoms with Crippen molar-refractivity contribution in [1.29, 1.82) is 0 Å². The second-order valence-corrected chi connectivity index (χ2v) is 13.5. The van der Waals surface area contributed by atoms with Gasteiger partial charge in [0.25, 0.3) is 0 Å². The lowest BCUT2D eigenvalue weighted by Crippen LogP contribution is -2.03. The molecule has 8 nitrogen and oxygen atoms in total. The Hall–Kier alpha value is -4.00. The molecule has 5 aromatic carbocycles. The van der Waals surface area contributed by atoms with Crippen LogP contribution in [0.4, 0.5) is 0 Å². The van der Waals surface area contributed by atoms with Gasteiger partial charge in [-0.25, -0.2) is 9.13 Å². The van der Waals surface area contributed by atoms with Gasteiger partial charge in [0.1, 0.15) is 5.75 Å². The third-order valence-electron chi connectivity index (χ3n) is 7.20. The van der Waals surface area contributed by atoms with E-state index in [-0.39, 0.29) is 17.1 Å². The van der Waals surface area contributed by atoms with Crippen molar-refractivity contribution in [2.45, 2.75) is 27.7 Å². The third kappa shape index (κ3) is 6.87. The van der Waals surface area contributed by atoms with Crippen molar-refractivity contribution in [2.75, 3.05) is 0 Å². The van der Waals surface area contributed by atoms with Crippen molar-refractivity contribution < 1.29 is 37.8 Å². The van der Waals surface area contributed by atoms with Crippen LogP contribution in [0.1, 0.15) is 22.3 Å². The zero-order valence-corrected chi connectivity index (χ0v) is 26.3. The minimum Gasteiger partial charge on any atom is -0.506 e. The van der Waals surface area contributed by atoms with Gasteiger partial charge in [-0.2, -0.15) is 4.31 Å². The Morgan fingerprint density at radius 3 is 1.16 bits per heavy atom. The van der Waals surface area contributed by atoms with E-state index >= 15 is 0 Å². The highest BCUT2D eigenvalue weighted by Gasteiger charge is 2.38. The Bertz CT molecular complexity index is 1910. The SMILES string of the molecule is Cc1ccc(-c2c(O)c(-c3ccc(C)cc3)c(-c3ccc(C)cc3)c(-c3ccc(C)cc3)c2OP(=O)(O)OP(=O)(O)O)cc1. The minimum atomic E-state index is -5.46. The zero-order chi connectivity index (χ0) is 31.8. The van der Waals surface area contributed by atoms with Gasteiger partial charge in [-0.15, -0.1) is 0 Å². The molecule has 0 aromatic heterocycles. The van der Waals surface area contributed by atoms with Crippen LogP contribution in [0.2, 0.25) is 0 Å². The van der Waals surface area contributed by atoms with Gasteiger partial charge in [0.05, 0.1) is 5.56 Å². The lowest BCUT2D eigenvalue weighted by Gasteiger charge is -2.26. The number of aryl methyl sites for hydroxylation is 4. The van der Waals surface area contributed by atoms with E-state index in [1.807, 2.05) is 113 Å². The summed E-state index contributed by atoms with van der Waals surface area (Å²) in [6, 6.07) is 29.6. The molecule has 0 aliphatic heterocycles. The first-order chi connectivity index (χ1) is 20.7. The van der Waals surface area contributed by atoms with Gasteiger partial charge < -0.3 is 19.4 Å². The summed E-state index contributed by atoms with van der Waals surface area (Å²) in [7, 11) is -10.9. The Morgan fingerprint density at radius 1 is 0.477 bits per heavy atom. The highest BCUT2D eigenvalue weighted by molar-refractivity contribution is 7.60. The number of aromatic hydroxyl groups is 1. The Morgan fingerprint density at radius 2 is 0.795 bits per heavy atom. The van der Waals surface area contributed by atoms with Crippen LogP contribution >= 0.6 is 15.6 Å². The van der Waals surface area contributed by atoms with Crippen LogP contribution < -0.4 is 4.52 Å². The minimum absolute atomic E-state index is 0.0515. The van der Waals surface area contributed by atoms with Crippen LogP contribution in [0.5, 0.6) is 11.5 Å². The van der Waals surface area contributed by atoms with Gasteiger partial charge in [0, 0.05) is 16.7 Å². The van der Waals surface area contributed by atoms with Gasteiger partial charge in [0.2, 0.25) is 0 Å². The van der Waals surface area contributed by atoms with E-state index in [2.05, 4.69) is 4.31 Å². The molecule has 0 heterocycles. The maximum absolute atomic E-state index is 13.2. The molecule has 0 saturated heterocycles. The molecule has 1 unspecified atom stereocenters. The lowest BCUT2D eigenvalue weighted by atomic mass is 9.82. The summed E-state index contributed by atoms with van der Waals surface area (Å²) in [5.74, 6) is -0.531. The molecule has 0 spiro atoms. The summed E-state index contributed by atoms with van der Waals surface area (Å²) in [4.78, 5) is 29.5. The monoisotopic (exact) mass is 630 g/mol. The summed E-state index contributed by atoms with van der Waals surface area (Å²) >= 11 is 0. The first-order valence-electron chi connectivity index (χ1n) is 13.7. The normalized spacial score (nSPS) is 13.0. The zero-order valence-electron chi connectivity index (χ0n) is 24.6. The summed E-state index contributed by atoms with van der Waals surface area (Å²) in [5.41, 5.74) is 7.55. The molecule has 0 radical (unpaired) electrons. The molecule has 0 bridgehead atoms. The Balaban J connectivity index is 2.02. The number of hydrogen-bond acceptors (Lipinski definition) is 5. The summed E-state index contributed by atoms with van der Waals surface area (Å²) in [5, 5.41) is 12.2. The quantitative estimate of drug-likeness (QED) is 0.125. The fourth-order valence-corrected chi connectivity index (χ4v) is 6.69. The largest absolute Gasteiger partial charge is 0.536 e. The predicted molar refractivity (Wildman–Crippen MR) is 172 cm³/mol. The Kier molecular flexibility index (Phi) is 8.70. The molecule has 5 aromatic rings. The third-order valence-corrected chi connectivity index (χ3v) is 9.29. The molecule has 0 amide bonds. The lowest BCUT2D eigenvalue weighted by molar-refractivity contribution is 0.230. The van der Waals surface area contributed by atoms with E-state index in [0.717, 1.165) is 22.3 Å². The van der Waals surface area contributed by atoms with Crippen LogP contribution in [-0.4, -0.2) is 19.8 Å². The molecule has 0 saturated carbocycles. The van der Waals surface area contributed by atoms with E-state index in [1.165, 1.54) is 0 Å². The van der Waals surface area contributed by atoms with Crippen molar-refractivity contribution in [3.63, 3.8) is 0 Å². The number of hydrogen-bond donors (Lipinski definition) is 4. The number of phenols is 1. The number of phosphoric ester groups is 1. The summed E-state index contributed by atoms with van der Waals surface area (Å²) in [6.07, 6.45) is 0. The van der Waals surface area contributed by atoms with Crippen molar-refractivity contribution >= 4 is 15.6 Å². The summed E-state index contributed by atoms with van der Waals surface area (Å²) < 4.78 is 34.8. The highest BCUT2D eigenvalue weighted by Crippen LogP contribution is 2.63. The number of phosphoric acid groups is 2. The molecule has 0 fully saturated rings. The first kappa shape index (κ1) is 31.4. The average Bonchev–Trinajstić information content (AvgIpc) is 2.94. The fraction of sp³-hybridized carbons (Fsp3) is 0.118. The molecule has 5 rings (SSSR count). The van der Waals surface area contributed by atoms with E-state index < -0.39 is 15.6 Å². The van der Waals surface area contributed by atoms with Crippen LogP contribution in [-0.2, 0) is 13.4 Å². The predicted octanol–water partition coefficient (Wildman–Crippen LogP) is 8.88. The van der Waals surface area contributed by atoms with Crippen molar-refractivity contribution in [3.05, 3.63) is 119 Å². The second kappa shape index (κ2) is 12.2. The molecule has 44 heavy (non-hydrogen) atoms. The second-order valence-electron chi connectivity index (χ2n) is 10.8. The Labute approximate surface area is 256 Å².